The molecule has 1 aromatic carbocycles. The molecule has 0 aliphatic carbocycles. The van der Waals surface area contributed by atoms with Crippen molar-refractivity contribution in [2.75, 3.05) is 14.2 Å². The van der Waals surface area contributed by atoms with Gasteiger partial charge >= 0.3 is 0 Å². The standard InChI is InChI=1S/C14H12F3NO2/c1-19-14(20-2)9-6-13(18-7-12(9)17)8-3-4-10(15)11(16)5-8/h3-7,14H,1-2H3. The van der Waals surface area contributed by atoms with Crippen LogP contribution >= 0.6 is 0 Å². The maximum absolute atomic E-state index is 13.7. The third-order valence-corrected chi connectivity index (χ3v) is 2.78. The highest BCUT2D eigenvalue weighted by Crippen LogP contribution is 2.26. The van der Waals surface area contributed by atoms with E-state index in [4.69, 9.17) is 9.47 Å². The summed E-state index contributed by atoms with van der Waals surface area (Å²) in [4.78, 5) is 3.86. The van der Waals surface area contributed by atoms with Crippen LogP contribution in [0.5, 0.6) is 0 Å². The summed E-state index contributed by atoms with van der Waals surface area (Å²) < 4.78 is 49.8. The minimum Gasteiger partial charge on any atom is -0.352 e. The van der Waals surface area contributed by atoms with E-state index in [1.807, 2.05) is 0 Å². The van der Waals surface area contributed by atoms with Crippen LogP contribution in [0.3, 0.4) is 0 Å². The lowest BCUT2D eigenvalue weighted by Gasteiger charge is -2.15. The van der Waals surface area contributed by atoms with Crippen LogP contribution in [0.15, 0.2) is 30.5 Å². The zero-order valence-electron chi connectivity index (χ0n) is 10.9. The van der Waals surface area contributed by atoms with Gasteiger partial charge in [-0.25, -0.2) is 13.2 Å². The van der Waals surface area contributed by atoms with Gasteiger partial charge in [0.05, 0.1) is 11.9 Å². The van der Waals surface area contributed by atoms with E-state index in [1.165, 1.54) is 26.4 Å². The summed E-state index contributed by atoms with van der Waals surface area (Å²) in [6.07, 6.45) is 0.0822. The summed E-state index contributed by atoms with van der Waals surface area (Å²) in [6, 6.07) is 4.71. The molecule has 0 bridgehead atoms. The quantitative estimate of drug-likeness (QED) is 0.805. The zero-order chi connectivity index (χ0) is 14.7. The van der Waals surface area contributed by atoms with E-state index in [2.05, 4.69) is 4.98 Å². The van der Waals surface area contributed by atoms with E-state index in [1.54, 1.807) is 0 Å². The van der Waals surface area contributed by atoms with Gasteiger partial charge in [-0.15, -0.1) is 0 Å². The van der Waals surface area contributed by atoms with Crippen LogP contribution in [-0.4, -0.2) is 19.2 Å². The van der Waals surface area contributed by atoms with Gasteiger partial charge in [0.2, 0.25) is 0 Å². The van der Waals surface area contributed by atoms with E-state index >= 15 is 0 Å². The second-order valence-corrected chi connectivity index (χ2v) is 4.02. The van der Waals surface area contributed by atoms with Crippen molar-refractivity contribution in [1.82, 2.24) is 4.98 Å². The number of halogens is 3. The van der Waals surface area contributed by atoms with Crippen molar-refractivity contribution in [3.05, 3.63) is 53.5 Å². The lowest BCUT2D eigenvalue weighted by molar-refractivity contribution is -0.107. The molecule has 0 atom stereocenters. The molecule has 0 saturated heterocycles. The number of benzene rings is 1. The molecule has 0 aliphatic heterocycles. The highest BCUT2D eigenvalue weighted by molar-refractivity contribution is 5.59. The van der Waals surface area contributed by atoms with Crippen molar-refractivity contribution in [2.24, 2.45) is 0 Å². The van der Waals surface area contributed by atoms with Gasteiger partial charge in [0.15, 0.2) is 17.9 Å². The molecule has 1 heterocycles. The highest BCUT2D eigenvalue weighted by atomic mass is 19.2. The molecule has 0 saturated carbocycles. The zero-order valence-corrected chi connectivity index (χ0v) is 10.9. The summed E-state index contributed by atoms with van der Waals surface area (Å²) >= 11 is 0. The van der Waals surface area contributed by atoms with Gasteiger partial charge in [-0.2, -0.15) is 0 Å². The molecule has 106 valence electrons. The molecule has 20 heavy (non-hydrogen) atoms. The molecule has 0 spiro atoms. The maximum Gasteiger partial charge on any atom is 0.186 e. The van der Waals surface area contributed by atoms with Crippen LogP contribution < -0.4 is 0 Å². The monoisotopic (exact) mass is 283 g/mol. The molecular weight excluding hydrogens is 271 g/mol. The van der Waals surface area contributed by atoms with Crippen molar-refractivity contribution in [1.29, 1.82) is 0 Å². The average molecular weight is 283 g/mol. The highest BCUT2D eigenvalue weighted by Gasteiger charge is 2.17. The minimum atomic E-state index is -0.995. The van der Waals surface area contributed by atoms with Gasteiger partial charge in [0, 0.05) is 25.3 Å². The Hall–Kier alpha value is -1.92. The molecule has 6 heteroatoms. The predicted molar refractivity (Wildman–Crippen MR) is 66.3 cm³/mol. The number of ether oxygens (including phenoxy) is 2. The second-order valence-electron chi connectivity index (χ2n) is 4.02. The Balaban J connectivity index is 2.47. The van der Waals surface area contributed by atoms with E-state index in [9.17, 15) is 13.2 Å². The Bertz CT molecular complexity index is 615. The largest absolute Gasteiger partial charge is 0.352 e. The normalized spacial score (nSPS) is 11.1. The first kappa shape index (κ1) is 14.5. The maximum atomic E-state index is 13.7. The smallest absolute Gasteiger partial charge is 0.186 e. The second kappa shape index (κ2) is 6.02. The number of hydrogen-bond acceptors (Lipinski definition) is 3. The minimum absolute atomic E-state index is 0.129. The van der Waals surface area contributed by atoms with Crippen LogP contribution in [-0.2, 0) is 9.47 Å². The number of rotatable bonds is 4. The summed E-state index contributed by atoms with van der Waals surface area (Å²) in [7, 11) is 2.73. The lowest BCUT2D eigenvalue weighted by atomic mass is 10.1. The van der Waals surface area contributed by atoms with E-state index in [0.29, 0.717) is 11.3 Å². The predicted octanol–water partition coefficient (Wildman–Crippen LogP) is 3.46. The Morgan fingerprint density at radius 1 is 0.950 bits per heavy atom. The van der Waals surface area contributed by atoms with Gasteiger partial charge in [-0.1, -0.05) is 0 Å². The van der Waals surface area contributed by atoms with Crippen molar-refractivity contribution >= 4 is 0 Å². The number of pyridine rings is 1. The van der Waals surface area contributed by atoms with Crippen molar-refractivity contribution in [2.45, 2.75) is 6.29 Å². The molecule has 2 aromatic rings. The summed E-state index contributed by atoms with van der Waals surface area (Å²) in [5, 5.41) is 0. The summed E-state index contributed by atoms with van der Waals surface area (Å²) in [5.41, 5.74) is 0.750. The molecule has 0 fully saturated rings. The fourth-order valence-electron chi connectivity index (χ4n) is 1.80. The Kier molecular flexibility index (Phi) is 4.36. The summed E-state index contributed by atoms with van der Waals surface area (Å²) in [5.74, 6) is -2.56. The molecule has 0 aliphatic rings. The third-order valence-electron chi connectivity index (χ3n) is 2.78. The van der Waals surface area contributed by atoms with E-state index in [0.717, 1.165) is 18.3 Å². The fourth-order valence-corrected chi connectivity index (χ4v) is 1.80. The van der Waals surface area contributed by atoms with Gasteiger partial charge < -0.3 is 9.47 Å². The summed E-state index contributed by atoms with van der Waals surface area (Å²) in [6.45, 7) is 0. The van der Waals surface area contributed by atoms with Crippen LogP contribution in [0.2, 0.25) is 0 Å². The SMILES string of the molecule is COC(OC)c1cc(-c2ccc(F)c(F)c2)ncc1F. The van der Waals surface area contributed by atoms with Crippen LogP contribution in [0.1, 0.15) is 11.9 Å². The van der Waals surface area contributed by atoms with Crippen LogP contribution in [0, 0.1) is 17.5 Å². The van der Waals surface area contributed by atoms with E-state index < -0.39 is 23.7 Å². The third kappa shape index (κ3) is 2.81. The molecular formula is C14H12F3NO2. The average Bonchev–Trinajstić information content (AvgIpc) is 2.45. The molecule has 0 N–H and O–H groups in total. The molecule has 0 radical (unpaired) electrons. The number of aromatic nitrogens is 1. The Labute approximate surface area is 114 Å². The van der Waals surface area contributed by atoms with Crippen molar-refractivity contribution < 1.29 is 22.6 Å². The van der Waals surface area contributed by atoms with E-state index in [-0.39, 0.29) is 5.56 Å². The van der Waals surface area contributed by atoms with Crippen molar-refractivity contribution in [3.8, 4) is 11.3 Å². The first-order valence-corrected chi connectivity index (χ1v) is 5.73. The number of nitrogens with zero attached hydrogens (tertiary/aromatic N) is 1. The lowest BCUT2D eigenvalue weighted by Crippen LogP contribution is -2.07. The number of methoxy groups -OCH3 is 2. The fraction of sp³-hybridized carbons (Fsp3) is 0.214. The number of hydrogen-bond donors (Lipinski definition) is 0. The molecule has 1 aromatic heterocycles. The first-order chi connectivity index (χ1) is 9.56. The topological polar surface area (TPSA) is 31.4 Å². The molecule has 3 nitrogen and oxygen atoms in total. The van der Waals surface area contributed by atoms with Crippen LogP contribution in [0.25, 0.3) is 11.3 Å². The molecule has 2 rings (SSSR count). The first-order valence-electron chi connectivity index (χ1n) is 5.73. The molecule has 0 unspecified atom stereocenters. The van der Waals surface area contributed by atoms with Crippen LogP contribution in [0.4, 0.5) is 13.2 Å². The van der Waals surface area contributed by atoms with Gasteiger partial charge in [0.25, 0.3) is 0 Å². The van der Waals surface area contributed by atoms with Crippen molar-refractivity contribution in [3.63, 3.8) is 0 Å². The van der Waals surface area contributed by atoms with Gasteiger partial charge in [-0.3, -0.25) is 4.98 Å². The molecule has 0 amide bonds. The Morgan fingerprint density at radius 3 is 2.25 bits per heavy atom. The Morgan fingerprint density at radius 2 is 1.65 bits per heavy atom. The van der Waals surface area contributed by atoms with Gasteiger partial charge in [-0.05, 0) is 24.3 Å². The van der Waals surface area contributed by atoms with Gasteiger partial charge in [0.1, 0.15) is 5.82 Å².